The predicted molar refractivity (Wildman–Crippen MR) is 56.0 cm³/mol. The van der Waals surface area contributed by atoms with Crippen LogP contribution in [0.3, 0.4) is 0 Å². The van der Waals surface area contributed by atoms with Crippen LogP contribution < -0.4 is 0 Å². The Kier molecular flexibility index (Phi) is 5.77. The Morgan fingerprint density at radius 3 is 2.36 bits per heavy atom. The van der Waals surface area contributed by atoms with Crippen LogP contribution in [0.5, 0.6) is 0 Å². The molecule has 0 aliphatic heterocycles. The molecule has 14 heavy (non-hydrogen) atoms. The summed E-state index contributed by atoms with van der Waals surface area (Å²) in [4.78, 5) is 11.2. The van der Waals surface area contributed by atoms with Crippen molar-refractivity contribution in [1.29, 1.82) is 0 Å². The van der Waals surface area contributed by atoms with Gasteiger partial charge in [-0.05, 0) is 40.5 Å². The van der Waals surface area contributed by atoms with Crippen molar-refractivity contribution in [3.05, 3.63) is 0 Å². The summed E-state index contributed by atoms with van der Waals surface area (Å²) in [7, 11) is 0. The lowest BCUT2D eigenvalue weighted by Crippen LogP contribution is -2.23. The Labute approximate surface area is 86.5 Å². The summed E-state index contributed by atoms with van der Waals surface area (Å²) >= 11 is 0. The lowest BCUT2D eigenvalue weighted by molar-refractivity contribution is -0.154. The molecule has 3 nitrogen and oxygen atoms in total. The van der Waals surface area contributed by atoms with Gasteiger partial charge in [0.1, 0.15) is 5.60 Å². The molecule has 0 radical (unpaired) electrons. The lowest BCUT2D eigenvalue weighted by Gasteiger charge is -2.19. The molecular formula is C11H22O3. The van der Waals surface area contributed by atoms with Crippen LogP contribution in [-0.4, -0.2) is 22.8 Å². The van der Waals surface area contributed by atoms with Crippen LogP contribution in [0.15, 0.2) is 0 Å². The zero-order valence-electron chi connectivity index (χ0n) is 9.67. The molecule has 0 fully saturated rings. The van der Waals surface area contributed by atoms with E-state index in [0.29, 0.717) is 6.42 Å². The Morgan fingerprint density at radius 2 is 1.93 bits per heavy atom. The van der Waals surface area contributed by atoms with Gasteiger partial charge in [0.05, 0.1) is 6.10 Å². The van der Waals surface area contributed by atoms with Crippen LogP contribution in [0.2, 0.25) is 0 Å². The molecule has 0 amide bonds. The van der Waals surface area contributed by atoms with Crippen molar-refractivity contribution in [1.82, 2.24) is 0 Å². The van der Waals surface area contributed by atoms with Crippen LogP contribution in [0.1, 0.15) is 53.4 Å². The van der Waals surface area contributed by atoms with Crippen LogP contribution >= 0.6 is 0 Å². The molecular weight excluding hydrogens is 180 g/mol. The maximum absolute atomic E-state index is 11.2. The lowest BCUT2D eigenvalue weighted by atomic mass is 10.1. The van der Waals surface area contributed by atoms with E-state index in [-0.39, 0.29) is 17.7 Å². The first-order chi connectivity index (χ1) is 6.31. The topological polar surface area (TPSA) is 46.5 Å². The summed E-state index contributed by atoms with van der Waals surface area (Å²) in [5, 5.41) is 8.99. The van der Waals surface area contributed by atoms with E-state index in [2.05, 4.69) is 0 Å². The minimum absolute atomic E-state index is 0.150. The van der Waals surface area contributed by atoms with Gasteiger partial charge in [0.15, 0.2) is 0 Å². The molecule has 0 saturated heterocycles. The van der Waals surface area contributed by atoms with E-state index >= 15 is 0 Å². The van der Waals surface area contributed by atoms with Crippen molar-refractivity contribution in [2.45, 2.75) is 65.1 Å². The first kappa shape index (κ1) is 13.4. The van der Waals surface area contributed by atoms with Crippen molar-refractivity contribution in [2.75, 3.05) is 0 Å². The third-order valence-electron chi connectivity index (χ3n) is 1.67. The van der Waals surface area contributed by atoms with Gasteiger partial charge < -0.3 is 9.84 Å². The monoisotopic (exact) mass is 202 g/mol. The van der Waals surface area contributed by atoms with E-state index in [1.165, 1.54) is 0 Å². The smallest absolute Gasteiger partial charge is 0.306 e. The van der Waals surface area contributed by atoms with Crippen molar-refractivity contribution in [2.24, 2.45) is 0 Å². The highest BCUT2D eigenvalue weighted by atomic mass is 16.6. The summed E-state index contributed by atoms with van der Waals surface area (Å²) in [5.74, 6) is -0.150. The third kappa shape index (κ3) is 9.52. The van der Waals surface area contributed by atoms with Gasteiger partial charge in [-0.2, -0.15) is 0 Å². The van der Waals surface area contributed by atoms with Crippen molar-refractivity contribution < 1.29 is 14.6 Å². The second-order valence-electron chi connectivity index (χ2n) is 4.68. The van der Waals surface area contributed by atoms with E-state index in [1.807, 2.05) is 20.8 Å². The number of aliphatic hydroxyl groups is 1. The molecule has 0 saturated carbocycles. The fraction of sp³-hybridized carbons (Fsp3) is 0.909. The molecule has 3 heteroatoms. The van der Waals surface area contributed by atoms with Crippen molar-refractivity contribution in [3.8, 4) is 0 Å². The molecule has 1 atom stereocenters. The maximum Gasteiger partial charge on any atom is 0.306 e. The number of unbranched alkanes of at least 4 members (excludes halogenated alkanes) is 1. The molecule has 1 unspecified atom stereocenters. The van der Waals surface area contributed by atoms with E-state index in [1.54, 1.807) is 6.92 Å². The summed E-state index contributed by atoms with van der Waals surface area (Å²) < 4.78 is 5.14. The molecule has 0 aliphatic rings. The summed E-state index contributed by atoms with van der Waals surface area (Å²) in [6.07, 6.45) is 2.59. The second-order valence-corrected chi connectivity index (χ2v) is 4.68. The molecule has 0 bridgehead atoms. The molecule has 0 aliphatic carbocycles. The minimum atomic E-state index is -0.388. The Morgan fingerprint density at radius 1 is 1.36 bits per heavy atom. The highest BCUT2D eigenvalue weighted by Gasteiger charge is 2.15. The standard InChI is InChI=1S/C11H22O3/c1-9(12)7-5-6-8-10(13)14-11(2,3)4/h9,12H,5-8H2,1-4H3. The van der Waals surface area contributed by atoms with Crippen molar-refractivity contribution >= 4 is 5.97 Å². The summed E-state index contributed by atoms with van der Waals surface area (Å²) in [6.45, 7) is 7.34. The summed E-state index contributed by atoms with van der Waals surface area (Å²) in [6, 6.07) is 0. The van der Waals surface area contributed by atoms with Gasteiger partial charge >= 0.3 is 5.97 Å². The predicted octanol–water partition coefficient (Wildman–Crippen LogP) is 2.27. The van der Waals surface area contributed by atoms with Gasteiger partial charge in [0.25, 0.3) is 0 Å². The molecule has 84 valence electrons. The zero-order valence-corrected chi connectivity index (χ0v) is 9.67. The van der Waals surface area contributed by atoms with Gasteiger partial charge in [0.2, 0.25) is 0 Å². The highest BCUT2D eigenvalue weighted by molar-refractivity contribution is 5.69. The Bertz CT molecular complexity index is 168. The fourth-order valence-electron chi connectivity index (χ4n) is 1.10. The third-order valence-corrected chi connectivity index (χ3v) is 1.67. The van der Waals surface area contributed by atoms with E-state index in [4.69, 9.17) is 9.84 Å². The molecule has 0 aromatic carbocycles. The minimum Gasteiger partial charge on any atom is -0.460 e. The van der Waals surface area contributed by atoms with Gasteiger partial charge in [0, 0.05) is 6.42 Å². The Hall–Kier alpha value is -0.570. The number of hydrogen-bond donors (Lipinski definition) is 1. The average Bonchev–Trinajstić information content (AvgIpc) is 1.94. The fourth-order valence-corrected chi connectivity index (χ4v) is 1.10. The van der Waals surface area contributed by atoms with Crippen LogP contribution in [0, 0.1) is 0 Å². The largest absolute Gasteiger partial charge is 0.460 e. The van der Waals surface area contributed by atoms with E-state index < -0.39 is 0 Å². The Balaban J connectivity index is 3.46. The number of esters is 1. The second kappa shape index (κ2) is 6.02. The first-order valence-corrected chi connectivity index (χ1v) is 5.21. The number of rotatable bonds is 5. The van der Waals surface area contributed by atoms with Crippen LogP contribution in [-0.2, 0) is 9.53 Å². The maximum atomic E-state index is 11.2. The van der Waals surface area contributed by atoms with Gasteiger partial charge in [-0.1, -0.05) is 6.42 Å². The van der Waals surface area contributed by atoms with Gasteiger partial charge in [-0.15, -0.1) is 0 Å². The summed E-state index contributed by atoms with van der Waals surface area (Å²) in [5.41, 5.74) is -0.388. The number of hydrogen-bond acceptors (Lipinski definition) is 3. The number of aliphatic hydroxyl groups excluding tert-OH is 1. The molecule has 0 aromatic rings. The van der Waals surface area contributed by atoms with Crippen LogP contribution in [0.25, 0.3) is 0 Å². The average molecular weight is 202 g/mol. The SMILES string of the molecule is CC(O)CCCCC(=O)OC(C)(C)C. The zero-order chi connectivity index (χ0) is 11.2. The van der Waals surface area contributed by atoms with E-state index in [0.717, 1.165) is 19.3 Å². The van der Waals surface area contributed by atoms with Crippen molar-refractivity contribution in [3.63, 3.8) is 0 Å². The number of ether oxygens (including phenoxy) is 1. The highest BCUT2D eigenvalue weighted by Crippen LogP contribution is 2.10. The van der Waals surface area contributed by atoms with E-state index in [9.17, 15) is 4.79 Å². The van der Waals surface area contributed by atoms with Gasteiger partial charge in [-0.3, -0.25) is 4.79 Å². The molecule has 0 heterocycles. The van der Waals surface area contributed by atoms with Crippen LogP contribution in [0.4, 0.5) is 0 Å². The molecule has 1 N–H and O–H groups in total. The molecule has 0 rings (SSSR count). The quantitative estimate of drug-likeness (QED) is 0.549. The first-order valence-electron chi connectivity index (χ1n) is 5.21. The molecule has 0 aromatic heterocycles. The normalized spacial score (nSPS) is 13.8. The number of carbonyl (C=O) groups is 1. The molecule has 0 spiro atoms. The van der Waals surface area contributed by atoms with Gasteiger partial charge in [-0.25, -0.2) is 0 Å². The number of carbonyl (C=O) groups excluding carboxylic acids is 1.